The maximum atomic E-state index is 12.1. The van der Waals surface area contributed by atoms with E-state index in [9.17, 15) is 33.0 Å². The summed E-state index contributed by atoms with van der Waals surface area (Å²) in [6.45, 7) is 0.992. The van der Waals surface area contributed by atoms with Crippen LogP contribution in [0, 0.1) is 5.92 Å². The van der Waals surface area contributed by atoms with E-state index in [1.54, 1.807) is 0 Å². The third kappa shape index (κ3) is 3.36. The molecule has 10 nitrogen and oxygen atoms in total. The largest absolute Gasteiger partial charge is 0.477 e. The molecule has 2 rings (SSSR count). The van der Waals surface area contributed by atoms with Crippen molar-refractivity contribution in [3.63, 3.8) is 0 Å². The minimum Gasteiger partial charge on any atom is -0.477 e. The van der Waals surface area contributed by atoms with Crippen LogP contribution in [0.4, 0.5) is 4.79 Å². The molecule has 11 heteroatoms. The molecule has 0 bridgehead atoms. The molecule has 0 radical (unpaired) electrons. The third-order valence-electron chi connectivity index (χ3n) is 4.06. The zero-order chi connectivity index (χ0) is 18.2. The number of fused-ring (bicyclic) bond motifs is 1. The Kier molecular flexibility index (Phi) is 4.85. The maximum Gasteiger partial charge on any atom is 0.404 e. The summed E-state index contributed by atoms with van der Waals surface area (Å²) in [7, 11) is -3.76. The van der Waals surface area contributed by atoms with Crippen molar-refractivity contribution < 1.29 is 37.8 Å². The van der Waals surface area contributed by atoms with Gasteiger partial charge in [-0.25, -0.2) is 18.0 Å². The van der Waals surface area contributed by atoms with Crippen LogP contribution >= 0.6 is 0 Å². The maximum absolute atomic E-state index is 12.1. The molecule has 0 saturated carbocycles. The van der Waals surface area contributed by atoms with Crippen LogP contribution < -0.4 is 5.73 Å². The number of carboxylic acids is 1. The van der Waals surface area contributed by atoms with Crippen molar-refractivity contribution in [1.82, 2.24) is 4.90 Å². The Morgan fingerprint density at radius 1 is 1.46 bits per heavy atom. The van der Waals surface area contributed by atoms with E-state index in [0.29, 0.717) is 0 Å². The highest BCUT2D eigenvalue weighted by Gasteiger charge is 2.56. The van der Waals surface area contributed by atoms with Gasteiger partial charge >= 0.3 is 12.1 Å². The lowest BCUT2D eigenvalue weighted by atomic mass is 9.83. The molecule has 24 heavy (non-hydrogen) atoms. The molecule has 0 aliphatic carbocycles. The van der Waals surface area contributed by atoms with Gasteiger partial charge in [-0.05, 0) is 18.9 Å². The second-order valence-electron chi connectivity index (χ2n) is 5.76. The molecule has 0 aromatic rings. The Morgan fingerprint density at radius 2 is 2.08 bits per heavy atom. The van der Waals surface area contributed by atoms with Crippen molar-refractivity contribution in [2.45, 2.75) is 25.5 Å². The Balaban J connectivity index is 2.16. The first-order valence-electron chi connectivity index (χ1n) is 7.14. The van der Waals surface area contributed by atoms with Crippen molar-refractivity contribution in [1.29, 1.82) is 0 Å². The first-order valence-corrected chi connectivity index (χ1v) is 8.96. The second-order valence-corrected chi connectivity index (χ2v) is 7.95. The molecule has 2 aliphatic heterocycles. The van der Waals surface area contributed by atoms with Gasteiger partial charge in [0.15, 0.2) is 9.84 Å². The molecule has 2 amide bonds. The number of aliphatic hydroxyl groups excluding tert-OH is 1. The number of carbonyl (C=O) groups is 3. The lowest BCUT2D eigenvalue weighted by molar-refractivity contribution is -0.161. The van der Waals surface area contributed by atoms with Gasteiger partial charge in [-0.15, -0.1) is 0 Å². The third-order valence-corrected chi connectivity index (χ3v) is 5.63. The molecule has 1 saturated heterocycles. The first-order chi connectivity index (χ1) is 11.0. The monoisotopic (exact) mass is 362 g/mol. The fourth-order valence-corrected chi connectivity index (χ4v) is 4.36. The number of amides is 2. The van der Waals surface area contributed by atoms with E-state index in [4.69, 9.17) is 5.73 Å². The number of aliphatic hydroxyl groups is 1. The van der Waals surface area contributed by atoms with Crippen LogP contribution in [-0.4, -0.2) is 71.8 Å². The van der Waals surface area contributed by atoms with Gasteiger partial charge in [-0.1, -0.05) is 0 Å². The minimum atomic E-state index is -3.76. The van der Waals surface area contributed by atoms with Crippen molar-refractivity contribution in [2.75, 3.05) is 18.1 Å². The Labute approximate surface area is 137 Å². The standard InChI is InChI=1S/C13H18N2O8S/c1-6(16)9-8-4-7(10(12(18)19)15(8)11(9)17)5-24(21,22)3-2-23-13(14)20/h6,8-9,16H,2-5H2,1H3,(H2,14,20)(H,18,19). The first kappa shape index (κ1) is 18.2. The van der Waals surface area contributed by atoms with Crippen LogP contribution in [0.2, 0.25) is 0 Å². The highest BCUT2D eigenvalue weighted by atomic mass is 32.2. The van der Waals surface area contributed by atoms with Gasteiger partial charge in [0.25, 0.3) is 0 Å². The molecule has 0 aromatic carbocycles. The SMILES string of the molecule is CC(O)C1C(=O)N2C(C(=O)O)=C(CS(=O)(=O)CCOC(N)=O)CC12. The molecule has 2 aliphatic rings. The van der Waals surface area contributed by atoms with E-state index in [-0.39, 0.29) is 17.7 Å². The molecular weight excluding hydrogens is 344 g/mol. The molecule has 134 valence electrons. The van der Waals surface area contributed by atoms with E-state index in [1.807, 2.05) is 0 Å². The average molecular weight is 362 g/mol. The lowest BCUT2D eigenvalue weighted by Crippen LogP contribution is -2.61. The number of hydrogen-bond acceptors (Lipinski definition) is 7. The Hall–Kier alpha value is -2.14. The minimum absolute atomic E-state index is 0.0683. The van der Waals surface area contributed by atoms with Crippen LogP contribution in [0.5, 0.6) is 0 Å². The zero-order valence-corrected chi connectivity index (χ0v) is 13.7. The zero-order valence-electron chi connectivity index (χ0n) is 12.8. The summed E-state index contributed by atoms with van der Waals surface area (Å²) in [4.78, 5) is 34.9. The second kappa shape index (κ2) is 6.40. The number of nitrogens with two attached hydrogens (primary N) is 1. The highest BCUT2D eigenvalue weighted by molar-refractivity contribution is 7.91. The van der Waals surface area contributed by atoms with Crippen molar-refractivity contribution in [2.24, 2.45) is 11.7 Å². The van der Waals surface area contributed by atoms with Gasteiger partial charge in [-0.3, -0.25) is 4.79 Å². The van der Waals surface area contributed by atoms with Crippen LogP contribution in [0.25, 0.3) is 0 Å². The Morgan fingerprint density at radius 3 is 2.58 bits per heavy atom. The van der Waals surface area contributed by atoms with Crippen molar-refractivity contribution >= 4 is 27.8 Å². The summed E-state index contributed by atoms with van der Waals surface area (Å²) in [6, 6.07) is -0.546. The average Bonchev–Trinajstić information content (AvgIpc) is 2.71. The van der Waals surface area contributed by atoms with Gasteiger partial charge in [-0.2, -0.15) is 0 Å². The fourth-order valence-electron chi connectivity index (χ4n) is 3.10. The number of aliphatic carboxylic acids is 1. The van der Waals surface area contributed by atoms with E-state index in [0.717, 1.165) is 4.90 Å². The van der Waals surface area contributed by atoms with Gasteiger partial charge in [0.1, 0.15) is 12.3 Å². The number of rotatable bonds is 7. The number of β-lactam (4-membered cyclic amide) rings is 1. The number of nitrogens with zero attached hydrogens (tertiary/aromatic N) is 1. The lowest BCUT2D eigenvalue weighted by Gasteiger charge is -2.44. The van der Waals surface area contributed by atoms with E-state index < -0.39 is 64.0 Å². The van der Waals surface area contributed by atoms with Crippen molar-refractivity contribution in [3.05, 3.63) is 11.3 Å². The van der Waals surface area contributed by atoms with Gasteiger partial charge < -0.3 is 25.6 Å². The normalized spacial score (nSPS) is 24.4. The molecule has 3 unspecified atom stereocenters. The van der Waals surface area contributed by atoms with Crippen LogP contribution in [0.1, 0.15) is 13.3 Å². The van der Waals surface area contributed by atoms with Gasteiger partial charge in [0.2, 0.25) is 5.91 Å². The van der Waals surface area contributed by atoms with Gasteiger partial charge in [0, 0.05) is 0 Å². The summed E-state index contributed by atoms with van der Waals surface area (Å²) in [5.74, 6) is -3.74. The number of carbonyl (C=O) groups excluding carboxylic acids is 2. The van der Waals surface area contributed by atoms with E-state index in [2.05, 4.69) is 4.74 Å². The van der Waals surface area contributed by atoms with Crippen molar-refractivity contribution in [3.8, 4) is 0 Å². The van der Waals surface area contributed by atoms with E-state index in [1.165, 1.54) is 6.92 Å². The number of sulfone groups is 1. The number of primary amides is 1. The predicted molar refractivity (Wildman–Crippen MR) is 79.3 cm³/mol. The highest BCUT2D eigenvalue weighted by Crippen LogP contribution is 2.43. The number of hydrogen-bond donors (Lipinski definition) is 3. The molecule has 0 spiro atoms. The summed E-state index contributed by atoms with van der Waals surface area (Å²) < 4.78 is 28.5. The molecule has 4 N–H and O–H groups in total. The fraction of sp³-hybridized carbons (Fsp3) is 0.615. The van der Waals surface area contributed by atoms with Gasteiger partial charge in [0.05, 0.1) is 29.6 Å². The summed E-state index contributed by atoms with van der Waals surface area (Å²) >= 11 is 0. The number of carboxylic acid groups (broad SMARTS) is 1. The molecule has 3 atom stereocenters. The van der Waals surface area contributed by atoms with Crippen LogP contribution in [-0.2, 0) is 24.2 Å². The molecular formula is C13H18N2O8S. The summed E-state index contributed by atoms with van der Waals surface area (Å²) in [5, 5.41) is 18.9. The smallest absolute Gasteiger partial charge is 0.404 e. The summed E-state index contributed by atoms with van der Waals surface area (Å²) in [5.41, 5.74) is 4.49. The molecule has 2 heterocycles. The van der Waals surface area contributed by atoms with Crippen LogP contribution in [0.3, 0.4) is 0 Å². The van der Waals surface area contributed by atoms with E-state index >= 15 is 0 Å². The van der Waals surface area contributed by atoms with Crippen LogP contribution in [0.15, 0.2) is 11.3 Å². The Bertz CT molecular complexity index is 711. The predicted octanol–water partition coefficient (Wildman–Crippen LogP) is -1.55. The quantitative estimate of drug-likeness (QED) is 0.458. The topological polar surface area (TPSA) is 164 Å². The summed E-state index contributed by atoms with van der Waals surface area (Å²) in [6.07, 6.45) is -1.99. The number of ether oxygens (including phenoxy) is 1. The molecule has 1 fully saturated rings. The molecule has 0 aromatic heterocycles.